The fourth-order valence-electron chi connectivity index (χ4n) is 0.537. The Morgan fingerprint density at radius 3 is 1.36 bits per heavy atom. The van der Waals surface area contributed by atoms with E-state index in [4.69, 9.17) is 9.47 Å². The van der Waals surface area contributed by atoms with Gasteiger partial charge >= 0.3 is 0 Å². The van der Waals surface area contributed by atoms with Crippen molar-refractivity contribution in [3.63, 3.8) is 0 Å². The van der Waals surface area contributed by atoms with Crippen LogP contribution in [0.2, 0.25) is 0 Å². The molecule has 2 nitrogen and oxygen atoms in total. The van der Waals surface area contributed by atoms with Crippen LogP contribution in [0.15, 0.2) is 0 Å². The van der Waals surface area contributed by atoms with Gasteiger partial charge in [-0.15, -0.1) is 0 Å². The molecule has 11 heavy (non-hydrogen) atoms. The smallest absolute Gasteiger partial charge is 0.0518 e. The van der Waals surface area contributed by atoms with Gasteiger partial charge in [-0.1, -0.05) is 0 Å². The summed E-state index contributed by atoms with van der Waals surface area (Å²) in [6.07, 6.45) is 0.398. The second-order valence-corrected chi connectivity index (χ2v) is 2.29. The molecule has 70 valence electrons. The molecule has 0 aliphatic carbocycles. The number of hydrogen-bond donors (Lipinski definition) is 0. The van der Waals surface area contributed by atoms with Crippen LogP contribution in [-0.2, 0) is 9.47 Å². The number of rotatable bonds is 4. The molecule has 0 aromatic rings. The van der Waals surface area contributed by atoms with E-state index < -0.39 is 0 Å². The van der Waals surface area contributed by atoms with Gasteiger partial charge in [0.1, 0.15) is 0 Å². The van der Waals surface area contributed by atoms with E-state index in [0.717, 1.165) is 19.8 Å². The molecule has 0 aromatic carbocycles. The second-order valence-electron chi connectivity index (χ2n) is 2.29. The Balaban J connectivity index is 0. The minimum absolute atomic E-state index is 0.398. The third-order valence-electron chi connectivity index (χ3n) is 0.908. The molecule has 0 heterocycles. The molecule has 0 amide bonds. The van der Waals surface area contributed by atoms with E-state index in [1.807, 2.05) is 34.6 Å². The zero-order valence-corrected chi connectivity index (χ0v) is 8.52. The van der Waals surface area contributed by atoms with Gasteiger partial charge in [0.05, 0.1) is 6.10 Å². The molecular formula is C9H22O2. The largest absolute Gasteiger partial charge is 0.382 e. The summed E-state index contributed by atoms with van der Waals surface area (Å²) >= 11 is 0. The van der Waals surface area contributed by atoms with Gasteiger partial charge in [0.25, 0.3) is 0 Å². The summed E-state index contributed by atoms with van der Waals surface area (Å²) in [4.78, 5) is 0. The van der Waals surface area contributed by atoms with Gasteiger partial charge in [0.15, 0.2) is 0 Å². The quantitative estimate of drug-likeness (QED) is 0.632. The first-order valence-corrected chi connectivity index (χ1v) is 4.38. The first kappa shape index (κ1) is 13.5. The molecule has 0 radical (unpaired) electrons. The molecule has 0 unspecified atom stereocenters. The van der Waals surface area contributed by atoms with Crippen LogP contribution in [0.25, 0.3) is 0 Å². The summed E-state index contributed by atoms with van der Waals surface area (Å²) in [6, 6.07) is 0. The highest BCUT2D eigenvalue weighted by molar-refractivity contribution is 4.30. The highest BCUT2D eigenvalue weighted by Crippen LogP contribution is 1.83. The summed E-state index contributed by atoms with van der Waals surface area (Å²) in [5.41, 5.74) is 0. The normalized spacial score (nSPS) is 9.27. The second kappa shape index (κ2) is 12.6. The fraction of sp³-hybridized carbons (Fsp3) is 1.00. The molecule has 0 fully saturated rings. The minimum Gasteiger partial charge on any atom is -0.382 e. The van der Waals surface area contributed by atoms with Crippen molar-refractivity contribution in [1.29, 1.82) is 0 Å². The third-order valence-corrected chi connectivity index (χ3v) is 0.908. The predicted octanol–water partition coefficient (Wildman–Crippen LogP) is 2.47. The minimum atomic E-state index is 0.398. The summed E-state index contributed by atoms with van der Waals surface area (Å²) in [5.74, 6) is 0. The Bertz CT molecular complexity index is 51.5. The van der Waals surface area contributed by atoms with Crippen LogP contribution >= 0.6 is 0 Å². The average Bonchev–Trinajstić information content (AvgIpc) is 1.90. The van der Waals surface area contributed by atoms with Gasteiger partial charge in [-0.05, 0) is 34.6 Å². The molecule has 0 aliphatic rings. The Labute approximate surface area is 70.9 Å². The van der Waals surface area contributed by atoms with Crippen LogP contribution in [-0.4, -0.2) is 25.9 Å². The lowest BCUT2D eigenvalue weighted by Gasteiger charge is -2.00. The molecule has 0 atom stereocenters. The van der Waals surface area contributed by atoms with Crippen molar-refractivity contribution in [2.24, 2.45) is 0 Å². The predicted molar refractivity (Wildman–Crippen MR) is 48.9 cm³/mol. The van der Waals surface area contributed by atoms with Crippen LogP contribution in [0.4, 0.5) is 0 Å². The molecule has 0 rings (SSSR count). The SMILES string of the molecule is CCOC(C)C.CCOCC. The lowest BCUT2D eigenvalue weighted by molar-refractivity contribution is 0.0899. The zero-order chi connectivity index (χ0) is 9.11. The first-order valence-electron chi connectivity index (χ1n) is 4.38. The zero-order valence-electron chi connectivity index (χ0n) is 8.52. The average molecular weight is 162 g/mol. The van der Waals surface area contributed by atoms with Crippen molar-refractivity contribution < 1.29 is 9.47 Å². The monoisotopic (exact) mass is 162 g/mol. The van der Waals surface area contributed by atoms with Crippen LogP contribution in [0.1, 0.15) is 34.6 Å². The van der Waals surface area contributed by atoms with Crippen LogP contribution < -0.4 is 0 Å². The third kappa shape index (κ3) is 25.7. The van der Waals surface area contributed by atoms with Crippen molar-refractivity contribution in [3.8, 4) is 0 Å². The van der Waals surface area contributed by atoms with E-state index in [9.17, 15) is 0 Å². The van der Waals surface area contributed by atoms with Crippen molar-refractivity contribution >= 4 is 0 Å². The molecule has 0 aromatic heterocycles. The maximum atomic E-state index is 5.04. The van der Waals surface area contributed by atoms with Gasteiger partial charge in [-0.3, -0.25) is 0 Å². The van der Waals surface area contributed by atoms with E-state index in [-0.39, 0.29) is 0 Å². The van der Waals surface area contributed by atoms with Gasteiger partial charge in [0.2, 0.25) is 0 Å². The molecule has 0 spiro atoms. The molecular weight excluding hydrogens is 140 g/mol. The maximum Gasteiger partial charge on any atom is 0.0518 e. The van der Waals surface area contributed by atoms with Gasteiger partial charge in [0, 0.05) is 19.8 Å². The van der Waals surface area contributed by atoms with Crippen molar-refractivity contribution in [1.82, 2.24) is 0 Å². The Hall–Kier alpha value is -0.0800. The lowest BCUT2D eigenvalue weighted by atomic mass is 10.5. The first-order chi connectivity index (χ1) is 5.18. The maximum absolute atomic E-state index is 5.04. The summed E-state index contributed by atoms with van der Waals surface area (Å²) in [7, 11) is 0. The Kier molecular flexibility index (Phi) is 15.4. The van der Waals surface area contributed by atoms with Crippen LogP contribution in [0.5, 0.6) is 0 Å². The van der Waals surface area contributed by atoms with Crippen LogP contribution in [0.3, 0.4) is 0 Å². The van der Waals surface area contributed by atoms with E-state index in [2.05, 4.69) is 0 Å². The van der Waals surface area contributed by atoms with Gasteiger partial charge in [-0.25, -0.2) is 0 Å². The highest BCUT2D eigenvalue weighted by atomic mass is 16.5. The fourth-order valence-corrected chi connectivity index (χ4v) is 0.537. The lowest BCUT2D eigenvalue weighted by Crippen LogP contribution is -1.99. The highest BCUT2D eigenvalue weighted by Gasteiger charge is 1.83. The van der Waals surface area contributed by atoms with E-state index >= 15 is 0 Å². The van der Waals surface area contributed by atoms with Crippen molar-refractivity contribution in [3.05, 3.63) is 0 Å². The molecule has 0 bridgehead atoms. The Morgan fingerprint density at radius 2 is 1.36 bits per heavy atom. The molecule has 2 heteroatoms. The van der Waals surface area contributed by atoms with Gasteiger partial charge < -0.3 is 9.47 Å². The van der Waals surface area contributed by atoms with Crippen molar-refractivity contribution in [2.45, 2.75) is 40.7 Å². The summed E-state index contributed by atoms with van der Waals surface area (Å²) in [5, 5.41) is 0. The summed E-state index contributed by atoms with van der Waals surface area (Å²) < 4.78 is 9.88. The number of hydrogen-bond acceptors (Lipinski definition) is 2. The topological polar surface area (TPSA) is 18.5 Å². The van der Waals surface area contributed by atoms with Crippen molar-refractivity contribution in [2.75, 3.05) is 19.8 Å². The molecule has 0 N–H and O–H groups in total. The number of ether oxygens (including phenoxy) is 2. The standard InChI is InChI=1S/C5H12O.C4H10O/c1-4-6-5(2)3;1-3-5-4-2/h5H,4H2,1-3H3;3-4H2,1-2H3. The Morgan fingerprint density at radius 1 is 0.909 bits per heavy atom. The summed E-state index contributed by atoms with van der Waals surface area (Å²) in [6.45, 7) is 12.6. The van der Waals surface area contributed by atoms with Crippen LogP contribution in [0, 0.1) is 0 Å². The van der Waals surface area contributed by atoms with E-state index in [1.54, 1.807) is 0 Å². The molecule has 0 saturated carbocycles. The molecule has 0 aliphatic heterocycles. The van der Waals surface area contributed by atoms with E-state index in [0.29, 0.717) is 6.10 Å². The van der Waals surface area contributed by atoms with E-state index in [1.165, 1.54) is 0 Å². The van der Waals surface area contributed by atoms with Gasteiger partial charge in [-0.2, -0.15) is 0 Å². The molecule has 0 saturated heterocycles.